The number of nitrogens with one attached hydrogen (secondary N) is 2. The lowest BCUT2D eigenvalue weighted by atomic mass is 9.94. The van der Waals surface area contributed by atoms with Gasteiger partial charge >= 0.3 is 6.09 Å². The van der Waals surface area contributed by atoms with Gasteiger partial charge in [0.25, 0.3) is 0 Å². The van der Waals surface area contributed by atoms with Crippen molar-refractivity contribution in [1.29, 1.82) is 0 Å². The van der Waals surface area contributed by atoms with E-state index in [2.05, 4.69) is 17.6 Å². The Labute approximate surface area is 236 Å². The molecule has 0 heterocycles. The first-order chi connectivity index (χ1) is 18.4. The molecule has 1 aliphatic rings. The minimum atomic E-state index is -0.814. The predicted octanol–water partition coefficient (Wildman–Crippen LogP) is 6.83. The number of carbonyl (C=O) groups is 3. The van der Waals surface area contributed by atoms with E-state index in [1.165, 1.54) is 6.42 Å². The fourth-order valence-corrected chi connectivity index (χ4v) is 5.13. The third kappa shape index (κ3) is 11.2. The number of hydrogen-bond acceptors (Lipinski definition) is 4. The van der Waals surface area contributed by atoms with Gasteiger partial charge in [0.2, 0.25) is 11.8 Å². The van der Waals surface area contributed by atoms with E-state index in [0.29, 0.717) is 6.54 Å². The smallest absolute Gasteiger partial charge is 0.408 e. The topological polar surface area (TPSA) is 87.7 Å². The van der Waals surface area contributed by atoms with E-state index in [4.69, 9.17) is 4.74 Å². The van der Waals surface area contributed by atoms with Crippen molar-refractivity contribution < 1.29 is 19.1 Å². The molecule has 3 amide bonds. The van der Waals surface area contributed by atoms with E-state index in [0.717, 1.165) is 68.9 Å². The van der Waals surface area contributed by atoms with Crippen LogP contribution in [0.4, 0.5) is 4.79 Å². The number of hydrogen-bond donors (Lipinski definition) is 2. The zero-order valence-electron chi connectivity index (χ0n) is 25.5. The van der Waals surface area contributed by atoms with Crippen molar-refractivity contribution in [2.45, 2.75) is 136 Å². The van der Waals surface area contributed by atoms with Crippen molar-refractivity contribution in [3.8, 4) is 0 Å². The molecule has 2 N–H and O–H groups in total. The first-order valence-corrected chi connectivity index (χ1v) is 15.1. The highest BCUT2D eigenvalue weighted by atomic mass is 16.6. The minimum absolute atomic E-state index is 0.126. The second kappa shape index (κ2) is 15.9. The third-order valence-corrected chi connectivity index (χ3v) is 7.30. The van der Waals surface area contributed by atoms with Crippen LogP contribution in [0, 0.1) is 12.8 Å². The number of carbonyl (C=O) groups excluding carboxylic acids is 3. The molecule has 0 radical (unpaired) electrons. The van der Waals surface area contributed by atoms with Gasteiger partial charge in [0.1, 0.15) is 17.7 Å². The fourth-order valence-electron chi connectivity index (χ4n) is 5.13. The number of unbranched alkanes of at least 4 members (excludes halogenated alkanes) is 4. The molecule has 0 spiro atoms. The van der Waals surface area contributed by atoms with Gasteiger partial charge in [-0.3, -0.25) is 9.59 Å². The van der Waals surface area contributed by atoms with E-state index in [1.54, 1.807) is 25.7 Å². The highest BCUT2D eigenvalue weighted by Crippen LogP contribution is 2.27. The number of aryl methyl sites for hydroxylation is 1. The molecule has 2 atom stereocenters. The molecule has 39 heavy (non-hydrogen) atoms. The summed E-state index contributed by atoms with van der Waals surface area (Å²) in [5.74, 6) is -0.587. The van der Waals surface area contributed by atoms with Crippen LogP contribution < -0.4 is 10.6 Å². The first-order valence-electron chi connectivity index (χ1n) is 15.1. The zero-order valence-corrected chi connectivity index (χ0v) is 25.5. The van der Waals surface area contributed by atoms with Crippen LogP contribution in [0.1, 0.15) is 123 Å². The van der Waals surface area contributed by atoms with Crippen molar-refractivity contribution >= 4 is 17.9 Å². The Hall–Kier alpha value is -2.57. The molecule has 2 unspecified atom stereocenters. The van der Waals surface area contributed by atoms with Crippen LogP contribution in [0.2, 0.25) is 0 Å². The predicted molar refractivity (Wildman–Crippen MR) is 157 cm³/mol. The molecular formula is C32H53N3O4. The Bertz CT molecular complexity index is 901. The number of rotatable bonds is 13. The number of nitrogens with zero attached hydrogens (tertiary/aromatic N) is 1. The van der Waals surface area contributed by atoms with Crippen LogP contribution in [0.3, 0.4) is 0 Å². The van der Waals surface area contributed by atoms with Crippen molar-refractivity contribution in [2.24, 2.45) is 5.92 Å². The molecule has 1 aliphatic carbocycles. The van der Waals surface area contributed by atoms with Gasteiger partial charge in [0, 0.05) is 12.6 Å². The summed E-state index contributed by atoms with van der Waals surface area (Å²) >= 11 is 0. The van der Waals surface area contributed by atoms with Gasteiger partial charge in [-0.2, -0.15) is 0 Å². The summed E-state index contributed by atoms with van der Waals surface area (Å²) < 4.78 is 5.48. The maximum atomic E-state index is 14.3. The lowest BCUT2D eigenvalue weighted by Crippen LogP contribution is -2.55. The molecule has 0 bridgehead atoms. The Morgan fingerprint density at radius 2 is 1.59 bits per heavy atom. The monoisotopic (exact) mass is 543 g/mol. The van der Waals surface area contributed by atoms with Gasteiger partial charge < -0.3 is 20.3 Å². The SMILES string of the molecule is CCCCCCCN(C(=O)C(NC(=O)OC(C)(C)C)C(C)C)C(C(=O)NC1CCCCC1)c1ccc(C)cc1. The van der Waals surface area contributed by atoms with Crippen LogP contribution in [-0.2, 0) is 14.3 Å². The third-order valence-electron chi connectivity index (χ3n) is 7.30. The van der Waals surface area contributed by atoms with Gasteiger partial charge in [0.05, 0.1) is 0 Å². The van der Waals surface area contributed by atoms with Gasteiger partial charge in [-0.1, -0.05) is 95.5 Å². The van der Waals surface area contributed by atoms with Crippen molar-refractivity contribution in [3.05, 3.63) is 35.4 Å². The van der Waals surface area contributed by atoms with Gasteiger partial charge in [0.15, 0.2) is 0 Å². The summed E-state index contributed by atoms with van der Waals surface area (Å²) in [4.78, 5) is 42.7. The normalized spacial score (nSPS) is 15.9. The highest BCUT2D eigenvalue weighted by molar-refractivity contribution is 5.92. The maximum Gasteiger partial charge on any atom is 0.408 e. The standard InChI is InChI=1S/C32H53N3O4/c1-8-9-10-11-15-22-35(30(37)27(23(2)3)34-31(38)39-32(5,6)7)28(25-20-18-24(4)19-21-25)29(36)33-26-16-13-12-14-17-26/h18-21,23,26-28H,8-17,22H2,1-7H3,(H,33,36)(H,34,38). The molecule has 1 aromatic carbocycles. The zero-order chi connectivity index (χ0) is 29.0. The quantitative estimate of drug-likeness (QED) is 0.267. The number of amides is 3. The summed E-state index contributed by atoms with van der Waals surface area (Å²) in [6.07, 6.45) is 9.85. The van der Waals surface area contributed by atoms with E-state index in [1.807, 2.05) is 45.0 Å². The van der Waals surface area contributed by atoms with Crippen molar-refractivity contribution in [1.82, 2.24) is 15.5 Å². The lowest BCUT2D eigenvalue weighted by molar-refractivity contribution is -0.143. The Balaban J connectivity index is 2.42. The molecule has 7 heteroatoms. The van der Waals surface area contributed by atoms with Gasteiger partial charge in [-0.15, -0.1) is 0 Å². The molecule has 7 nitrogen and oxygen atoms in total. The Morgan fingerprint density at radius 1 is 0.974 bits per heavy atom. The second-order valence-corrected chi connectivity index (χ2v) is 12.5. The fraction of sp³-hybridized carbons (Fsp3) is 0.719. The van der Waals surface area contributed by atoms with Crippen LogP contribution >= 0.6 is 0 Å². The molecule has 0 aliphatic heterocycles. The maximum absolute atomic E-state index is 14.3. The first kappa shape index (κ1) is 32.6. The van der Waals surface area contributed by atoms with Gasteiger partial charge in [-0.25, -0.2) is 4.79 Å². The summed E-state index contributed by atoms with van der Waals surface area (Å²) in [5.41, 5.74) is 1.20. The summed E-state index contributed by atoms with van der Waals surface area (Å²) in [6.45, 7) is 13.8. The molecule has 220 valence electrons. The van der Waals surface area contributed by atoms with Crippen LogP contribution in [0.15, 0.2) is 24.3 Å². The summed E-state index contributed by atoms with van der Waals surface area (Å²) in [7, 11) is 0. The Morgan fingerprint density at radius 3 is 2.15 bits per heavy atom. The molecule has 1 aromatic rings. The minimum Gasteiger partial charge on any atom is -0.444 e. The molecule has 0 aromatic heterocycles. The van der Waals surface area contributed by atoms with Gasteiger partial charge in [-0.05, 0) is 58.4 Å². The van der Waals surface area contributed by atoms with Crippen LogP contribution in [-0.4, -0.2) is 47.0 Å². The average molecular weight is 544 g/mol. The Kier molecular flexibility index (Phi) is 13.3. The molecule has 0 saturated heterocycles. The molecule has 2 rings (SSSR count). The summed E-state index contributed by atoms with van der Waals surface area (Å²) in [5, 5.41) is 6.09. The van der Waals surface area contributed by atoms with E-state index < -0.39 is 23.8 Å². The van der Waals surface area contributed by atoms with E-state index in [-0.39, 0.29) is 23.8 Å². The van der Waals surface area contributed by atoms with Crippen molar-refractivity contribution in [3.63, 3.8) is 0 Å². The van der Waals surface area contributed by atoms with Crippen LogP contribution in [0.5, 0.6) is 0 Å². The lowest BCUT2D eigenvalue weighted by Gasteiger charge is -2.36. The second-order valence-electron chi connectivity index (χ2n) is 12.5. The number of benzene rings is 1. The van der Waals surface area contributed by atoms with E-state index >= 15 is 0 Å². The summed E-state index contributed by atoms with van der Waals surface area (Å²) in [6, 6.07) is 6.41. The van der Waals surface area contributed by atoms with Crippen molar-refractivity contribution in [2.75, 3.05) is 6.54 Å². The average Bonchev–Trinajstić information content (AvgIpc) is 2.86. The number of ether oxygens (including phenoxy) is 1. The van der Waals surface area contributed by atoms with Crippen LogP contribution in [0.25, 0.3) is 0 Å². The molecular weight excluding hydrogens is 490 g/mol. The largest absolute Gasteiger partial charge is 0.444 e. The molecule has 1 saturated carbocycles. The molecule has 1 fully saturated rings. The highest BCUT2D eigenvalue weighted by Gasteiger charge is 2.38. The number of alkyl carbamates (subject to hydrolysis) is 1. The van der Waals surface area contributed by atoms with E-state index in [9.17, 15) is 14.4 Å².